The van der Waals surface area contributed by atoms with Crippen molar-refractivity contribution >= 4 is 0 Å². The van der Waals surface area contributed by atoms with E-state index in [1.807, 2.05) is 6.07 Å². The molecule has 94 valence electrons. The minimum absolute atomic E-state index is 0.578. The molecule has 0 saturated carbocycles. The third-order valence-corrected chi connectivity index (χ3v) is 3.47. The second-order valence-corrected chi connectivity index (χ2v) is 4.57. The zero-order chi connectivity index (χ0) is 12.1. The normalized spacial score (nSPS) is 18.0. The Bertz CT molecular complexity index is 354. The van der Waals surface area contributed by atoms with E-state index in [0.717, 1.165) is 44.8 Å². The Hall–Kier alpha value is -1.06. The summed E-state index contributed by atoms with van der Waals surface area (Å²) in [7, 11) is 0. The van der Waals surface area contributed by atoms with Crippen molar-refractivity contribution in [2.75, 3.05) is 19.7 Å². The smallest absolute Gasteiger partial charge is 0.123 e. The molecule has 0 radical (unpaired) electrons. The predicted octanol–water partition coefficient (Wildman–Crippen LogP) is 2.01. The van der Waals surface area contributed by atoms with Crippen LogP contribution in [0.15, 0.2) is 24.3 Å². The van der Waals surface area contributed by atoms with Crippen molar-refractivity contribution < 1.29 is 4.74 Å². The molecule has 1 aliphatic rings. The molecule has 1 aromatic carbocycles. The van der Waals surface area contributed by atoms with Gasteiger partial charge < -0.3 is 10.5 Å². The molecule has 0 fully saturated rings. The van der Waals surface area contributed by atoms with E-state index in [4.69, 9.17) is 10.5 Å². The Morgan fingerprint density at radius 2 is 2.24 bits per heavy atom. The summed E-state index contributed by atoms with van der Waals surface area (Å²) in [4.78, 5) is 2.50. The summed E-state index contributed by atoms with van der Waals surface area (Å²) in [5.74, 6) is 1.04. The van der Waals surface area contributed by atoms with Gasteiger partial charge in [-0.15, -0.1) is 0 Å². The van der Waals surface area contributed by atoms with Gasteiger partial charge in [-0.25, -0.2) is 0 Å². The Kier molecular flexibility index (Phi) is 4.40. The van der Waals surface area contributed by atoms with Crippen LogP contribution >= 0.6 is 0 Å². The van der Waals surface area contributed by atoms with Crippen molar-refractivity contribution in [3.05, 3.63) is 29.8 Å². The van der Waals surface area contributed by atoms with Crippen molar-refractivity contribution in [2.24, 2.45) is 5.73 Å². The van der Waals surface area contributed by atoms with Gasteiger partial charge >= 0.3 is 0 Å². The summed E-state index contributed by atoms with van der Waals surface area (Å²) in [6.45, 7) is 5.75. The lowest BCUT2D eigenvalue weighted by molar-refractivity contribution is 0.158. The molecule has 3 nitrogen and oxygen atoms in total. The molecular weight excluding hydrogens is 212 g/mol. The van der Waals surface area contributed by atoms with Crippen LogP contribution in [0.3, 0.4) is 0 Å². The van der Waals surface area contributed by atoms with Gasteiger partial charge in [0.1, 0.15) is 12.4 Å². The van der Waals surface area contributed by atoms with Crippen molar-refractivity contribution in [1.29, 1.82) is 0 Å². The Morgan fingerprint density at radius 1 is 1.41 bits per heavy atom. The minimum atomic E-state index is 0.578. The average molecular weight is 234 g/mol. The summed E-state index contributed by atoms with van der Waals surface area (Å²) < 4.78 is 5.78. The minimum Gasteiger partial charge on any atom is -0.492 e. The van der Waals surface area contributed by atoms with E-state index in [1.54, 1.807) is 0 Å². The van der Waals surface area contributed by atoms with Crippen LogP contribution in [0.1, 0.15) is 25.3 Å². The fraction of sp³-hybridized carbons (Fsp3) is 0.571. The first-order valence-corrected chi connectivity index (χ1v) is 6.50. The molecule has 2 N–H and O–H groups in total. The molecule has 1 unspecified atom stereocenters. The Labute approximate surface area is 104 Å². The molecule has 2 rings (SSSR count). The average Bonchev–Trinajstić information content (AvgIpc) is 2.57. The van der Waals surface area contributed by atoms with E-state index in [1.165, 1.54) is 5.56 Å². The van der Waals surface area contributed by atoms with Gasteiger partial charge in [-0.2, -0.15) is 0 Å². The van der Waals surface area contributed by atoms with Crippen molar-refractivity contribution in [2.45, 2.75) is 32.4 Å². The molecule has 1 heterocycles. The maximum Gasteiger partial charge on any atom is 0.123 e. The lowest BCUT2D eigenvalue weighted by Crippen LogP contribution is -2.37. The van der Waals surface area contributed by atoms with Crippen molar-refractivity contribution in [3.8, 4) is 5.75 Å². The number of ether oxygens (including phenoxy) is 1. The number of benzene rings is 1. The summed E-state index contributed by atoms with van der Waals surface area (Å²) >= 11 is 0. The fourth-order valence-corrected chi connectivity index (χ4v) is 2.49. The van der Waals surface area contributed by atoms with Gasteiger partial charge in [0.25, 0.3) is 0 Å². The van der Waals surface area contributed by atoms with Crippen LogP contribution in [0.25, 0.3) is 0 Å². The van der Waals surface area contributed by atoms with Crippen LogP contribution in [0.4, 0.5) is 0 Å². The van der Waals surface area contributed by atoms with Gasteiger partial charge in [-0.3, -0.25) is 4.90 Å². The Balaban J connectivity index is 2.11. The zero-order valence-corrected chi connectivity index (χ0v) is 10.6. The molecule has 1 aliphatic heterocycles. The van der Waals surface area contributed by atoms with Gasteiger partial charge in [0.15, 0.2) is 0 Å². The van der Waals surface area contributed by atoms with E-state index >= 15 is 0 Å². The largest absolute Gasteiger partial charge is 0.492 e. The molecule has 1 atom stereocenters. The van der Waals surface area contributed by atoms with E-state index in [0.29, 0.717) is 6.04 Å². The summed E-state index contributed by atoms with van der Waals surface area (Å²) in [5, 5.41) is 0. The highest BCUT2D eigenvalue weighted by Gasteiger charge is 2.20. The lowest BCUT2D eigenvalue weighted by Gasteiger charge is -2.29. The first-order valence-electron chi connectivity index (χ1n) is 6.50. The number of fused-ring (bicyclic) bond motifs is 1. The third kappa shape index (κ3) is 2.99. The van der Waals surface area contributed by atoms with Crippen LogP contribution in [-0.2, 0) is 6.54 Å². The number of hydrogen-bond acceptors (Lipinski definition) is 3. The molecule has 0 saturated heterocycles. The third-order valence-electron chi connectivity index (χ3n) is 3.47. The Morgan fingerprint density at radius 3 is 3.00 bits per heavy atom. The van der Waals surface area contributed by atoms with E-state index in [9.17, 15) is 0 Å². The van der Waals surface area contributed by atoms with Crippen LogP contribution in [-0.4, -0.2) is 30.6 Å². The lowest BCUT2D eigenvalue weighted by atomic mass is 10.1. The molecular formula is C14H22N2O. The van der Waals surface area contributed by atoms with Crippen molar-refractivity contribution in [1.82, 2.24) is 4.90 Å². The maximum absolute atomic E-state index is 5.78. The molecule has 0 aromatic heterocycles. The van der Waals surface area contributed by atoms with Crippen molar-refractivity contribution in [3.63, 3.8) is 0 Å². The quantitative estimate of drug-likeness (QED) is 0.866. The molecule has 0 amide bonds. The van der Waals surface area contributed by atoms with Crippen LogP contribution in [0, 0.1) is 0 Å². The predicted molar refractivity (Wildman–Crippen MR) is 70.1 cm³/mol. The number of rotatable bonds is 4. The monoisotopic (exact) mass is 234 g/mol. The highest BCUT2D eigenvalue weighted by Crippen LogP contribution is 2.24. The van der Waals surface area contributed by atoms with Gasteiger partial charge in [0.05, 0.1) is 0 Å². The molecule has 3 heteroatoms. The number of nitrogens with zero attached hydrogens (tertiary/aromatic N) is 1. The topological polar surface area (TPSA) is 38.5 Å². The number of nitrogens with two attached hydrogens (primary N) is 1. The first kappa shape index (κ1) is 12.4. The van der Waals surface area contributed by atoms with Gasteiger partial charge in [0.2, 0.25) is 0 Å². The van der Waals surface area contributed by atoms with Crippen LogP contribution in [0.2, 0.25) is 0 Å². The zero-order valence-electron chi connectivity index (χ0n) is 10.6. The summed E-state index contributed by atoms with van der Waals surface area (Å²) in [5.41, 5.74) is 6.98. The van der Waals surface area contributed by atoms with E-state index in [-0.39, 0.29) is 0 Å². The standard InChI is InChI=1S/C14H22N2O/c1-2-13(7-8-15)16-9-10-17-14-6-4-3-5-12(14)11-16/h3-6,13H,2,7-11,15H2,1H3. The number of hydrogen-bond donors (Lipinski definition) is 1. The number of para-hydroxylation sites is 1. The van der Waals surface area contributed by atoms with Crippen LogP contribution < -0.4 is 10.5 Å². The highest BCUT2D eigenvalue weighted by atomic mass is 16.5. The van der Waals surface area contributed by atoms with Gasteiger partial charge in [0, 0.05) is 24.7 Å². The molecule has 0 spiro atoms. The van der Waals surface area contributed by atoms with Gasteiger partial charge in [-0.05, 0) is 25.5 Å². The summed E-state index contributed by atoms with van der Waals surface area (Å²) in [6, 6.07) is 8.90. The van der Waals surface area contributed by atoms with Crippen LogP contribution in [0.5, 0.6) is 5.75 Å². The fourth-order valence-electron chi connectivity index (χ4n) is 2.49. The van der Waals surface area contributed by atoms with Gasteiger partial charge in [-0.1, -0.05) is 25.1 Å². The summed E-state index contributed by atoms with van der Waals surface area (Å²) in [6.07, 6.45) is 2.22. The second-order valence-electron chi connectivity index (χ2n) is 4.57. The first-order chi connectivity index (χ1) is 8.35. The molecule has 1 aromatic rings. The molecule has 0 aliphatic carbocycles. The highest BCUT2D eigenvalue weighted by molar-refractivity contribution is 5.33. The van der Waals surface area contributed by atoms with E-state index in [2.05, 4.69) is 30.0 Å². The molecule has 17 heavy (non-hydrogen) atoms. The SMILES string of the molecule is CCC(CCN)N1CCOc2ccccc2C1. The maximum atomic E-state index is 5.78. The molecule has 0 bridgehead atoms. The van der Waals surface area contributed by atoms with E-state index < -0.39 is 0 Å². The second kappa shape index (κ2) is 6.03.